The standard InChI is InChI=1S/C18H14FN7O3/c19-12-3-5-13(6-4-12)26-22-9-14(25-26)15(27)21-10-18(11-2-1-7-20-8-11)16(28)23-17(29)24-18/h1-9H,10H2,(H,21,27)(H2,23,24,28,29). The third kappa shape index (κ3) is 3.40. The molecule has 0 saturated carbocycles. The molecule has 1 fully saturated rings. The first-order chi connectivity index (χ1) is 14.0. The third-order valence-electron chi connectivity index (χ3n) is 4.39. The minimum Gasteiger partial charge on any atom is -0.347 e. The number of urea groups is 1. The van der Waals surface area contributed by atoms with Crippen LogP contribution in [0.5, 0.6) is 0 Å². The van der Waals surface area contributed by atoms with Crippen LogP contribution in [0.15, 0.2) is 55.0 Å². The summed E-state index contributed by atoms with van der Waals surface area (Å²) in [5.74, 6) is -1.61. The van der Waals surface area contributed by atoms with Crippen molar-refractivity contribution in [2.75, 3.05) is 6.54 Å². The van der Waals surface area contributed by atoms with Crippen molar-refractivity contribution in [2.45, 2.75) is 5.54 Å². The maximum absolute atomic E-state index is 13.0. The Labute approximate surface area is 163 Å². The third-order valence-corrected chi connectivity index (χ3v) is 4.39. The van der Waals surface area contributed by atoms with E-state index >= 15 is 0 Å². The first-order valence-corrected chi connectivity index (χ1v) is 8.48. The molecule has 146 valence electrons. The number of nitrogens with one attached hydrogen (secondary N) is 3. The van der Waals surface area contributed by atoms with Gasteiger partial charge in [-0.05, 0) is 30.3 Å². The second kappa shape index (κ2) is 7.11. The minimum atomic E-state index is -1.49. The van der Waals surface area contributed by atoms with Gasteiger partial charge in [-0.3, -0.25) is 19.9 Å². The Morgan fingerprint density at radius 3 is 2.62 bits per heavy atom. The summed E-state index contributed by atoms with van der Waals surface area (Å²) >= 11 is 0. The van der Waals surface area contributed by atoms with Crippen molar-refractivity contribution < 1.29 is 18.8 Å². The van der Waals surface area contributed by atoms with Crippen LogP contribution in [0.3, 0.4) is 0 Å². The van der Waals surface area contributed by atoms with E-state index in [1.54, 1.807) is 12.1 Å². The average Bonchev–Trinajstić information content (AvgIpc) is 3.32. The van der Waals surface area contributed by atoms with Gasteiger partial charge in [-0.1, -0.05) is 6.07 Å². The molecule has 1 atom stereocenters. The second-order valence-corrected chi connectivity index (χ2v) is 6.23. The van der Waals surface area contributed by atoms with Gasteiger partial charge in [0, 0.05) is 18.0 Å². The normalized spacial score (nSPS) is 18.2. The van der Waals surface area contributed by atoms with Crippen molar-refractivity contribution in [1.82, 2.24) is 35.9 Å². The molecule has 10 nitrogen and oxygen atoms in total. The van der Waals surface area contributed by atoms with Crippen LogP contribution in [-0.4, -0.2) is 44.4 Å². The lowest BCUT2D eigenvalue weighted by Gasteiger charge is -2.26. The van der Waals surface area contributed by atoms with Crippen LogP contribution in [-0.2, 0) is 10.3 Å². The molecule has 0 spiro atoms. The number of carbonyl (C=O) groups excluding carboxylic acids is 3. The zero-order chi connectivity index (χ0) is 20.4. The average molecular weight is 395 g/mol. The summed E-state index contributed by atoms with van der Waals surface area (Å²) in [6.45, 7) is -0.224. The molecule has 3 N–H and O–H groups in total. The molecule has 0 radical (unpaired) electrons. The Balaban J connectivity index is 1.53. The first kappa shape index (κ1) is 18.2. The molecule has 4 amide bonds. The molecule has 1 aliphatic rings. The van der Waals surface area contributed by atoms with E-state index < -0.39 is 29.2 Å². The Hall–Kier alpha value is -4.15. The maximum atomic E-state index is 13.0. The van der Waals surface area contributed by atoms with Crippen LogP contribution in [0.25, 0.3) is 5.69 Å². The van der Waals surface area contributed by atoms with Crippen molar-refractivity contribution in [2.24, 2.45) is 0 Å². The number of benzene rings is 1. The Morgan fingerprint density at radius 1 is 1.17 bits per heavy atom. The number of aromatic nitrogens is 4. The topological polar surface area (TPSA) is 131 Å². The number of pyridine rings is 1. The van der Waals surface area contributed by atoms with Crippen LogP contribution in [0.4, 0.5) is 9.18 Å². The number of rotatable bonds is 5. The zero-order valence-corrected chi connectivity index (χ0v) is 14.8. The summed E-state index contributed by atoms with van der Waals surface area (Å²) in [6.07, 6.45) is 4.20. The zero-order valence-electron chi connectivity index (χ0n) is 14.8. The van der Waals surface area contributed by atoms with E-state index in [2.05, 4.69) is 31.1 Å². The summed E-state index contributed by atoms with van der Waals surface area (Å²) in [5.41, 5.74) is -0.618. The predicted octanol–water partition coefficient (Wildman–Crippen LogP) is 0.266. The largest absolute Gasteiger partial charge is 0.347 e. The Morgan fingerprint density at radius 2 is 1.97 bits per heavy atom. The number of halogens is 1. The highest BCUT2D eigenvalue weighted by molar-refractivity contribution is 6.08. The number of carbonyl (C=O) groups is 3. The van der Waals surface area contributed by atoms with Crippen LogP contribution in [0, 0.1) is 5.82 Å². The van der Waals surface area contributed by atoms with Gasteiger partial charge < -0.3 is 10.6 Å². The van der Waals surface area contributed by atoms with Crippen LogP contribution in [0.2, 0.25) is 0 Å². The van der Waals surface area contributed by atoms with Gasteiger partial charge in [0.05, 0.1) is 18.4 Å². The summed E-state index contributed by atoms with van der Waals surface area (Å²) in [5, 5.41) is 15.3. The SMILES string of the molecule is O=C1NC(=O)C(CNC(=O)c2cnn(-c3ccc(F)cc3)n2)(c2cccnc2)N1. The fourth-order valence-electron chi connectivity index (χ4n) is 2.91. The number of hydrogen-bond acceptors (Lipinski definition) is 6. The highest BCUT2D eigenvalue weighted by atomic mass is 19.1. The molecule has 2 aromatic heterocycles. The molecule has 3 aromatic rings. The fourth-order valence-corrected chi connectivity index (χ4v) is 2.91. The monoisotopic (exact) mass is 395 g/mol. The molecule has 29 heavy (non-hydrogen) atoms. The van der Waals surface area contributed by atoms with Gasteiger partial charge in [0.25, 0.3) is 11.8 Å². The molecule has 11 heteroatoms. The van der Waals surface area contributed by atoms with E-state index in [-0.39, 0.29) is 12.2 Å². The van der Waals surface area contributed by atoms with Gasteiger partial charge in [0.1, 0.15) is 5.82 Å². The highest BCUT2D eigenvalue weighted by Crippen LogP contribution is 2.23. The Bertz CT molecular complexity index is 1080. The molecular weight excluding hydrogens is 381 g/mol. The molecule has 4 rings (SSSR count). The van der Waals surface area contributed by atoms with Crippen LogP contribution < -0.4 is 16.0 Å². The maximum Gasteiger partial charge on any atom is 0.322 e. The van der Waals surface area contributed by atoms with Crippen molar-refractivity contribution in [1.29, 1.82) is 0 Å². The quantitative estimate of drug-likeness (QED) is 0.532. The van der Waals surface area contributed by atoms with Crippen LogP contribution >= 0.6 is 0 Å². The second-order valence-electron chi connectivity index (χ2n) is 6.23. The van der Waals surface area contributed by atoms with Gasteiger partial charge in [-0.25, -0.2) is 9.18 Å². The number of nitrogens with zero attached hydrogens (tertiary/aromatic N) is 4. The van der Waals surface area contributed by atoms with E-state index in [1.165, 1.54) is 47.7 Å². The molecule has 1 saturated heterocycles. The molecule has 3 heterocycles. The smallest absolute Gasteiger partial charge is 0.322 e. The van der Waals surface area contributed by atoms with Crippen molar-refractivity contribution in [3.63, 3.8) is 0 Å². The van der Waals surface area contributed by atoms with E-state index in [0.717, 1.165) is 0 Å². The molecule has 0 bridgehead atoms. The van der Waals surface area contributed by atoms with Gasteiger partial charge in [0.15, 0.2) is 11.2 Å². The fraction of sp³-hybridized carbons (Fsp3) is 0.111. The lowest BCUT2D eigenvalue weighted by Crippen LogP contribution is -2.52. The van der Waals surface area contributed by atoms with E-state index in [9.17, 15) is 18.8 Å². The minimum absolute atomic E-state index is 0.0135. The van der Waals surface area contributed by atoms with Crippen molar-refractivity contribution >= 4 is 17.8 Å². The van der Waals surface area contributed by atoms with Crippen molar-refractivity contribution in [3.05, 3.63) is 72.1 Å². The van der Waals surface area contributed by atoms with E-state index in [0.29, 0.717) is 11.3 Å². The van der Waals surface area contributed by atoms with E-state index in [4.69, 9.17) is 0 Å². The first-order valence-electron chi connectivity index (χ1n) is 8.48. The summed E-state index contributed by atoms with van der Waals surface area (Å²) in [6, 6.07) is 7.99. The molecule has 0 aliphatic carbocycles. The molecule has 1 unspecified atom stereocenters. The Kier molecular flexibility index (Phi) is 4.47. The summed E-state index contributed by atoms with van der Waals surface area (Å²) < 4.78 is 13.0. The molecular formula is C18H14FN7O3. The predicted molar refractivity (Wildman–Crippen MR) is 96.2 cm³/mol. The highest BCUT2D eigenvalue weighted by Gasteiger charge is 2.48. The van der Waals surface area contributed by atoms with Gasteiger partial charge in [0.2, 0.25) is 0 Å². The van der Waals surface area contributed by atoms with Crippen LogP contribution in [0.1, 0.15) is 16.1 Å². The molecule has 1 aliphatic heterocycles. The van der Waals surface area contributed by atoms with E-state index in [1.807, 2.05) is 0 Å². The number of amides is 4. The summed E-state index contributed by atoms with van der Waals surface area (Å²) in [4.78, 5) is 41.8. The lowest BCUT2D eigenvalue weighted by atomic mass is 9.91. The van der Waals surface area contributed by atoms with Gasteiger partial charge in [-0.2, -0.15) is 9.90 Å². The van der Waals surface area contributed by atoms with Crippen molar-refractivity contribution in [3.8, 4) is 5.69 Å². The lowest BCUT2D eigenvalue weighted by molar-refractivity contribution is -0.124. The van der Waals surface area contributed by atoms with Gasteiger partial charge >= 0.3 is 6.03 Å². The number of imide groups is 1. The molecule has 1 aromatic carbocycles. The van der Waals surface area contributed by atoms with Gasteiger partial charge in [-0.15, -0.1) is 5.10 Å². The summed E-state index contributed by atoms with van der Waals surface area (Å²) in [7, 11) is 0. The number of hydrogen-bond donors (Lipinski definition) is 3.